The van der Waals surface area contributed by atoms with E-state index in [4.69, 9.17) is 4.74 Å². The second kappa shape index (κ2) is 9.79. The summed E-state index contributed by atoms with van der Waals surface area (Å²) in [5, 5.41) is 3.17. The molecule has 1 aliphatic heterocycles. The highest BCUT2D eigenvalue weighted by atomic mass is 79.9. The number of piperazine rings is 1. The Labute approximate surface area is 144 Å². The van der Waals surface area contributed by atoms with Gasteiger partial charge in [-0.1, -0.05) is 6.07 Å². The van der Waals surface area contributed by atoms with Gasteiger partial charge in [-0.05, 0) is 33.6 Å². The number of methoxy groups -OCH3 is 1. The van der Waals surface area contributed by atoms with Gasteiger partial charge in [0.05, 0.1) is 17.6 Å². The van der Waals surface area contributed by atoms with Gasteiger partial charge in [-0.2, -0.15) is 0 Å². The van der Waals surface area contributed by atoms with Crippen molar-refractivity contribution in [2.75, 3.05) is 33.3 Å². The van der Waals surface area contributed by atoms with Crippen LogP contribution < -0.4 is 10.1 Å². The summed E-state index contributed by atoms with van der Waals surface area (Å²) < 4.78 is 32.6. The molecule has 1 saturated heterocycles. The Morgan fingerprint density at radius 1 is 1.24 bits per heavy atom. The van der Waals surface area contributed by atoms with Crippen molar-refractivity contribution < 1.29 is 13.5 Å². The standard InChI is InChI=1S/C13H17BrF2N2O.2ClH/c1-19-11-3-2-9(8-10(11)14)12(13(15)16)18-6-4-17-5-7-18;;/h2-3,8,12-13,17H,4-7H2,1H3;2*1H/t12-;;/m0../s1. The summed E-state index contributed by atoms with van der Waals surface area (Å²) in [6, 6.07) is 4.29. The molecule has 0 saturated carbocycles. The van der Waals surface area contributed by atoms with Crippen molar-refractivity contribution in [1.29, 1.82) is 0 Å². The van der Waals surface area contributed by atoms with Gasteiger partial charge in [0.25, 0.3) is 6.43 Å². The zero-order valence-electron chi connectivity index (χ0n) is 11.5. The number of nitrogens with zero attached hydrogens (tertiary/aromatic N) is 1. The molecule has 21 heavy (non-hydrogen) atoms. The van der Waals surface area contributed by atoms with Gasteiger partial charge >= 0.3 is 0 Å². The molecular formula is C13H19BrCl2F2N2O. The van der Waals surface area contributed by atoms with Crippen LogP contribution in [-0.4, -0.2) is 44.6 Å². The zero-order chi connectivity index (χ0) is 13.8. The summed E-state index contributed by atoms with van der Waals surface area (Å²) in [4.78, 5) is 1.83. The molecule has 0 unspecified atom stereocenters. The van der Waals surface area contributed by atoms with Crippen molar-refractivity contribution in [2.24, 2.45) is 0 Å². The van der Waals surface area contributed by atoms with Crippen LogP contribution in [0.1, 0.15) is 11.6 Å². The molecule has 1 heterocycles. The SMILES string of the molecule is COc1ccc([C@@H](C(F)F)N2CCNCC2)cc1Br.Cl.Cl. The van der Waals surface area contributed by atoms with E-state index in [2.05, 4.69) is 21.2 Å². The van der Waals surface area contributed by atoms with Gasteiger partial charge in [0, 0.05) is 26.2 Å². The molecule has 0 aliphatic carbocycles. The first-order chi connectivity index (χ1) is 9.13. The lowest BCUT2D eigenvalue weighted by atomic mass is 10.0. The van der Waals surface area contributed by atoms with Crippen LogP contribution in [0.15, 0.2) is 22.7 Å². The second-order valence-corrected chi connectivity index (χ2v) is 5.31. The number of halogens is 5. The Balaban J connectivity index is 0.00000200. The minimum atomic E-state index is -2.40. The molecule has 1 fully saturated rings. The molecule has 1 aromatic carbocycles. The zero-order valence-corrected chi connectivity index (χ0v) is 14.7. The third kappa shape index (κ3) is 5.21. The van der Waals surface area contributed by atoms with Gasteiger partial charge in [0.1, 0.15) is 5.75 Å². The van der Waals surface area contributed by atoms with Crippen LogP contribution in [0.5, 0.6) is 5.75 Å². The van der Waals surface area contributed by atoms with Gasteiger partial charge in [0.15, 0.2) is 0 Å². The van der Waals surface area contributed by atoms with Crippen LogP contribution in [-0.2, 0) is 0 Å². The van der Waals surface area contributed by atoms with Crippen LogP contribution >= 0.6 is 40.7 Å². The highest BCUT2D eigenvalue weighted by Crippen LogP contribution is 2.33. The van der Waals surface area contributed by atoms with Crippen molar-refractivity contribution in [1.82, 2.24) is 10.2 Å². The molecule has 3 nitrogen and oxygen atoms in total. The lowest BCUT2D eigenvalue weighted by Gasteiger charge is -2.34. The fourth-order valence-corrected chi connectivity index (χ4v) is 2.90. The lowest BCUT2D eigenvalue weighted by molar-refractivity contribution is 0.0181. The molecule has 0 radical (unpaired) electrons. The van der Waals surface area contributed by atoms with Crippen LogP contribution in [0.25, 0.3) is 0 Å². The largest absolute Gasteiger partial charge is 0.496 e. The van der Waals surface area contributed by atoms with Gasteiger partial charge in [-0.3, -0.25) is 4.90 Å². The van der Waals surface area contributed by atoms with Crippen LogP contribution in [0.4, 0.5) is 8.78 Å². The van der Waals surface area contributed by atoms with Crippen molar-refractivity contribution in [3.8, 4) is 5.75 Å². The van der Waals surface area contributed by atoms with Crippen molar-refractivity contribution >= 4 is 40.7 Å². The molecule has 2 rings (SSSR count). The third-order valence-corrected chi connectivity index (χ3v) is 3.92. The quantitative estimate of drug-likeness (QED) is 0.826. The van der Waals surface area contributed by atoms with E-state index in [1.165, 1.54) is 0 Å². The first kappa shape index (κ1) is 20.9. The summed E-state index contributed by atoms with van der Waals surface area (Å²) in [5.74, 6) is 0.650. The van der Waals surface area contributed by atoms with E-state index >= 15 is 0 Å². The smallest absolute Gasteiger partial charge is 0.258 e. The lowest BCUT2D eigenvalue weighted by Crippen LogP contribution is -2.46. The average molecular weight is 408 g/mol. The topological polar surface area (TPSA) is 24.5 Å². The molecular weight excluding hydrogens is 389 g/mol. The predicted molar refractivity (Wildman–Crippen MR) is 88.4 cm³/mol. The van der Waals surface area contributed by atoms with Crippen molar-refractivity contribution in [3.63, 3.8) is 0 Å². The van der Waals surface area contributed by atoms with E-state index in [-0.39, 0.29) is 24.8 Å². The summed E-state index contributed by atoms with van der Waals surface area (Å²) in [5.41, 5.74) is 0.615. The molecule has 1 N–H and O–H groups in total. The molecule has 1 aliphatic rings. The van der Waals surface area contributed by atoms with Crippen LogP contribution in [0.3, 0.4) is 0 Å². The van der Waals surface area contributed by atoms with E-state index in [1.807, 2.05) is 4.90 Å². The maximum absolute atomic E-state index is 13.4. The van der Waals surface area contributed by atoms with E-state index in [0.29, 0.717) is 28.9 Å². The Bertz CT molecular complexity index is 435. The number of alkyl halides is 2. The van der Waals surface area contributed by atoms with Crippen LogP contribution in [0.2, 0.25) is 0 Å². The highest BCUT2D eigenvalue weighted by molar-refractivity contribution is 9.10. The number of hydrogen-bond acceptors (Lipinski definition) is 3. The summed E-state index contributed by atoms with van der Waals surface area (Å²) in [6.45, 7) is 2.78. The number of nitrogens with one attached hydrogen (secondary N) is 1. The fourth-order valence-electron chi connectivity index (χ4n) is 2.34. The maximum atomic E-state index is 13.4. The maximum Gasteiger partial charge on any atom is 0.258 e. The van der Waals surface area contributed by atoms with Crippen molar-refractivity contribution in [3.05, 3.63) is 28.2 Å². The van der Waals surface area contributed by atoms with Gasteiger partial charge in [-0.25, -0.2) is 8.78 Å². The molecule has 0 bridgehead atoms. The first-order valence-electron chi connectivity index (χ1n) is 6.20. The van der Waals surface area contributed by atoms with Gasteiger partial charge in [0.2, 0.25) is 0 Å². The third-order valence-electron chi connectivity index (χ3n) is 3.30. The monoisotopic (exact) mass is 406 g/mol. The summed E-state index contributed by atoms with van der Waals surface area (Å²) >= 11 is 3.35. The Kier molecular flexibility index (Phi) is 9.73. The average Bonchev–Trinajstić information content (AvgIpc) is 2.40. The minimum absolute atomic E-state index is 0. The number of hydrogen-bond donors (Lipinski definition) is 1. The van der Waals surface area contributed by atoms with Crippen molar-refractivity contribution in [2.45, 2.75) is 12.5 Å². The fraction of sp³-hybridized carbons (Fsp3) is 0.538. The van der Waals surface area contributed by atoms with E-state index in [9.17, 15) is 8.78 Å². The van der Waals surface area contributed by atoms with E-state index in [0.717, 1.165) is 13.1 Å². The second-order valence-electron chi connectivity index (χ2n) is 4.46. The highest BCUT2D eigenvalue weighted by Gasteiger charge is 2.30. The molecule has 0 amide bonds. The summed E-state index contributed by atoms with van der Waals surface area (Å²) in [7, 11) is 1.56. The normalized spacial score (nSPS) is 16.8. The number of benzene rings is 1. The number of rotatable bonds is 4. The molecule has 8 heteroatoms. The molecule has 122 valence electrons. The first-order valence-corrected chi connectivity index (χ1v) is 6.99. The summed E-state index contributed by atoms with van der Waals surface area (Å²) in [6.07, 6.45) is -2.40. The Morgan fingerprint density at radius 2 is 1.86 bits per heavy atom. The Morgan fingerprint density at radius 3 is 2.33 bits per heavy atom. The molecule has 1 aromatic rings. The number of ether oxygens (including phenoxy) is 1. The minimum Gasteiger partial charge on any atom is -0.496 e. The Hall–Kier alpha value is -0.140. The van der Waals surface area contributed by atoms with Crippen LogP contribution in [0, 0.1) is 0 Å². The van der Waals surface area contributed by atoms with Gasteiger partial charge < -0.3 is 10.1 Å². The van der Waals surface area contributed by atoms with E-state index < -0.39 is 12.5 Å². The molecule has 0 spiro atoms. The molecule has 1 atom stereocenters. The molecule has 0 aromatic heterocycles. The predicted octanol–water partition coefficient (Wildman–Crippen LogP) is 3.51. The van der Waals surface area contributed by atoms with Gasteiger partial charge in [-0.15, -0.1) is 24.8 Å². The van der Waals surface area contributed by atoms with E-state index in [1.54, 1.807) is 25.3 Å².